The van der Waals surface area contributed by atoms with E-state index < -0.39 is 23.8 Å². The molecule has 166 valence electrons. The molecule has 1 atom stereocenters. The summed E-state index contributed by atoms with van der Waals surface area (Å²) < 4.78 is 10.1. The Labute approximate surface area is 186 Å². The zero-order valence-corrected chi connectivity index (χ0v) is 18.1. The molecule has 7 heteroatoms. The van der Waals surface area contributed by atoms with Crippen LogP contribution in [0.25, 0.3) is 10.8 Å². The smallest absolute Gasteiger partial charge is 0.338 e. The number of hydrogen-bond donors (Lipinski definition) is 2. The highest BCUT2D eigenvalue weighted by molar-refractivity contribution is 5.99. The number of carbonyl (C=O) groups excluding carboxylic acids is 3. The van der Waals surface area contributed by atoms with Crippen LogP contribution in [0.2, 0.25) is 0 Å². The molecule has 3 N–H and O–H groups in total. The summed E-state index contributed by atoms with van der Waals surface area (Å²) >= 11 is 0. The molecular formula is C25H26N2O5. The van der Waals surface area contributed by atoms with Crippen LogP contribution < -0.4 is 11.1 Å². The number of ether oxygens (including phenoxy) is 2. The zero-order chi connectivity index (χ0) is 23.1. The Kier molecular flexibility index (Phi) is 7.44. The Balaban J connectivity index is 2.02. The van der Waals surface area contributed by atoms with Crippen LogP contribution in [0.3, 0.4) is 0 Å². The van der Waals surface area contributed by atoms with Crippen LogP contribution in [0.4, 0.5) is 11.4 Å². The van der Waals surface area contributed by atoms with Crippen molar-refractivity contribution in [1.82, 2.24) is 0 Å². The molecule has 0 saturated heterocycles. The first kappa shape index (κ1) is 22.8. The van der Waals surface area contributed by atoms with E-state index in [1.807, 2.05) is 36.4 Å². The van der Waals surface area contributed by atoms with Crippen LogP contribution in [0.1, 0.15) is 42.1 Å². The summed E-state index contributed by atoms with van der Waals surface area (Å²) in [6.45, 7) is 3.98. The summed E-state index contributed by atoms with van der Waals surface area (Å²) in [5, 5.41) is 5.02. The highest BCUT2D eigenvalue weighted by Crippen LogP contribution is 2.36. The number of hydrogen-bond acceptors (Lipinski definition) is 6. The van der Waals surface area contributed by atoms with Gasteiger partial charge in [0.05, 0.1) is 31.1 Å². The second-order valence-corrected chi connectivity index (χ2v) is 7.13. The van der Waals surface area contributed by atoms with E-state index in [1.165, 1.54) is 0 Å². The molecule has 7 nitrogen and oxygen atoms in total. The van der Waals surface area contributed by atoms with E-state index in [4.69, 9.17) is 15.2 Å². The van der Waals surface area contributed by atoms with E-state index in [0.717, 1.165) is 10.8 Å². The highest BCUT2D eigenvalue weighted by atomic mass is 16.5. The van der Waals surface area contributed by atoms with Gasteiger partial charge >= 0.3 is 11.9 Å². The average molecular weight is 434 g/mol. The minimum absolute atomic E-state index is 0.159. The second kappa shape index (κ2) is 10.4. The normalized spacial score (nSPS) is 11.6. The molecule has 3 aromatic carbocycles. The first-order valence-electron chi connectivity index (χ1n) is 10.4. The van der Waals surface area contributed by atoms with Gasteiger partial charge in [0.1, 0.15) is 0 Å². The molecule has 0 aromatic heterocycles. The lowest BCUT2D eigenvalue weighted by atomic mass is 9.88. The lowest BCUT2D eigenvalue weighted by Crippen LogP contribution is -2.25. The number of amides is 1. The summed E-state index contributed by atoms with van der Waals surface area (Å²) in [4.78, 5) is 36.5. The Morgan fingerprint density at radius 1 is 0.906 bits per heavy atom. The van der Waals surface area contributed by atoms with E-state index in [-0.39, 0.29) is 13.0 Å². The van der Waals surface area contributed by atoms with Crippen molar-refractivity contribution in [2.45, 2.75) is 26.2 Å². The number of primary amides is 1. The van der Waals surface area contributed by atoms with Crippen molar-refractivity contribution in [3.05, 3.63) is 71.8 Å². The summed E-state index contributed by atoms with van der Waals surface area (Å²) in [5.74, 6) is -2.38. The van der Waals surface area contributed by atoms with Crippen molar-refractivity contribution >= 4 is 40.0 Å². The fraction of sp³-hybridized carbons (Fsp3) is 0.240. The summed E-state index contributed by atoms with van der Waals surface area (Å²) in [6.07, 6.45) is -0.159. The third kappa shape index (κ3) is 5.24. The Hall–Kier alpha value is -3.87. The van der Waals surface area contributed by atoms with Crippen molar-refractivity contribution in [3.63, 3.8) is 0 Å². The molecule has 3 rings (SSSR count). The molecule has 0 fully saturated rings. The van der Waals surface area contributed by atoms with E-state index in [1.54, 1.807) is 38.1 Å². The predicted octanol–water partition coefficient (Wildman–Crippen LogP) is 4.28. The lowest BCUT2D eigenvalue weighted by molar-refractivity contribution is -0.144. The second-order valence-electron chi connectivity index (χ2n) is 7.13. The molecule has 0 heterocycles. The Morgan fingerprint density at radius 3 is 2.25 bits per heavy atom. The van der Waals surface area contributed by atoms with Crippen LogP contribution in [-0.4, -0.2) is 31.1 Å². The van der Waals surface area contributed by atoms with Gasteiger partial charge in [0, 0.05) is 11.4 Å². The number of nitrogens with one attached hydrogen (secondary N) is 1. The van der Waals surface area contributed by atoms with Crippen molar-refractivity contribution in [3.8, 4) is 0 Å². The van der Waals surface area contributed by atoms with Gasteiger partial charge in [-0.2, -0.15) is 0 Å². The van der Waals surface area contributed by atoms with E-state index in [0.29, 0.717) is 29.1 Å². The maximum absolute atomic E-state index is 12.4. The van der Waals surface area contributed by atoms with Crippen molar-refractivity contribution in [2.75, 3.05) is 18.5 Å². The topological polar surface area (TPSA) is 108 Å². The fourth-order valence-corrected chi connectivity index (χ4v) is 3.57. The summed E-state index contributed by atoms with van der Waals surface area (Å²) in [7, 11) is 0. The SMILES string of the molecule is CCOC(=O)CC(C(N)=O)c1c(Nc2ccc(C(=O)OCC)cc2)ccc2ccccc12. The summed E-state index contributed by atoms with van der Waals surface area (Å²) in [5.41, 5.74) is 8.13. The zero-order valence-electron chi connectivity index (χ0n) is 18.1. The van der Waals surface area contributed by atoms with Crippen molar-refractivity contribution in [2.24, 2.45) is 5.73 Å². The van der Waals surface area contributed by atoms with Crippen LogP contribution in [0, 0.1) is 0 Å². The van der Waals surface area contributed by atoms with E-state index in [2.05, 4.69) is 5.32 Å². The molecule has 0 spiro atoms. The molecular weight excluding hydrogens is 408 g/mol. The number of esters is 2. The first-order chi connectivity index (χ1) is 15.4. The minimum Gasteiger partial charge on any atom is -0.466 e. The molecule has 0 aliphatic carbocycles. The van der Waals surface area contributed by atoms with E-state index >= 15 is 0 Å². The van der Waals surface area contributed by atoms with Gasteiger partial charge < -0.3 is 20.5 Å². The standard InChI is InChI=1S/C25H26N2O5/c1-3-31-22(28)15-20(24(26)29)23-19-8-6-5-7-16(19)11-14-21(23)27-18-12-9-17(10-13-18)25(30)32-4-2/h5-14,20,27H,3-4,15H2,1-2H3,(H2,26,29). The molecule has 3 aromatic rings. The quantitative estimate of drug-likeness (QED) is 0.487. The van der Waals surface area contributed by atoms with Crippen LogP contribution in [-0.2, 0) is 19.1 Å². The number of carbonyl (C=O) groups is 3. The van der Waals surface area contributed by atoms with Crippen molar-refractivity contribution in [1.29, 1.82) is 0 Å². The van der Waals surface area contributed by atoms with E-state index in [9.17, 15) is 14.4 Å². The predicted molar refractivity (Wildman–Crippen MR) is 123 cm³/mol. The molecule has 0 bridgehead atoms. The number of benzene rings is 3. The monoisotopic (exact) mass is 434 g/mol. The third-order valence-corrected chi connectivity index (χ3v) is 5.01. The third-order valence-electron chi connectivity index (χ3n) is 5.01. The van der Waals surface area contributed by atoms with Gasteiger partial charge in [-0.1, -0.05) is 30.3 Å². The molecule has 0 saturated carbocycles. The Morgan fingerprint density at radius 2 is 1.59 bits per heavy atom. The minimum atomic E-state index is -0.874. The van der Waals surface area contributed by atoms with Gasteiger partial charge in [0.15, 0.2) is 0 Å². The van der Waals surface area contributed by atoms with Crippen LogP contribution in [0.15, 0.2) is 60.7 Å². The molecule has 32 heavy (non-hydrogen) atoms. The Bertz CT molecular complexity index is 1120. The highest BCUT2D eigenvalue weighted by Gasteiger charge is 2.27. The molecule has 1 amide bonds. The lowest BCUT2D eigenvalue weighted by Gasteiger charge is -2.21. The maximum atomic E-state index is 12.4. The van der Waals surface area contributed by atoms with Gasteiger partial charge in [0.25, 0.3) is 0 Å². The number of rotatable bonds is 9. The molecule has 1 unspecified atom stereocenters. The average Bonchev–Trinajstić information content (AvgIpc) is 2.78. The number of anilines is 2. The van der Waals surface area contributed by atoms with Gasteiger partial charge in [-0.05, 0) is 60.5 Å². The molecule has 0 aliphatic heterocycles. The summed E-state index contributed by atoms with van der Waals surface area (Å²) in [6, 6.07) is 18.2. The fourth-order valence-electron chi connectivity index (χ4n) is 3.57. The molecule has 0 aliphatic rings. The van der Waals surface area contributed by atoms with Gasteiger partial charge in [-0.25, -0.2) is 4.79 Å². The first-order valence-corrected chi connectivity index (χ1v) is 10.4. The van der Waals surface area contributed by atoms with Crippen LogP contribution >= 0.6 is 0 Å². The molecule has 0 radical (unpaired) electrons. The van der Waals surface area contributed by atoms with Crippen LogP contribution in [0.5, 0.6) is 0 Å². The largest absolute Gasteiger partial charge is 0.466 e. The van der Waals surface area contributed by atoms with Gasteiger partial charge in [-0.3, -0.25) is 9.59 Å². The number of nitrogens with two attached hydrogens (primary N) is 1. The van der Waals surface area contributed by atoms with Gasteiger partial charge in [-0.15, -0.1) is 0 Å². The number of fused-ring (bicyclic) bond motifs is 1. The van der Waals surface area contributed by atoms with Crippen molar-refractivity contribution < 1.29 is 23.9 Å². The maximum Gasteiger partial charge on any atom is 0.338 e. The van der Waals surface area contributed by atoms with Gasteiger partial charge in [0.2, 0.25) is 5.91 Å².